The molecule has 2 aromatic carbocycles. The third kappa shape index (κ3) is 7.18. The summed E-state index contributed by atoms with van der Waals surface area (Å²) in [7, 11) is 0. The summed E-state index contributed by atoms with van der Waals surface area (Å²) < 4.78 is 41.5. The van der Waals surface area contributed by atoms with Gasteiger partial charge in [-0.25, -0.2) is 0 Å². The van der Waals surface area contributed by atoms with Gasteiger partial charge >= 0.3 is 6.18 Å². The van der Waals surface area contributed by atoms with Gasteiger partial charge in [0.05, 0.1) is 18.0 Å². The molecular weight excluding hydrogens is 387 g/mol. The van der Waals surface area contributed by atoms with Crippen LogP contribution >= 0.6 is 0 Å². The van der Waals surface area contributed by atoms with Crippen LogP contribution in [-0.4, -0.2) is 24.6 Å². The van der Waals surface area contributed by atoms with Crippen molar-refractivity contribution < 1.29 is 27.5 Å². The van der Waals surface area contributed by atoms with Gasteiger partial charge in [-0.3, -0.25) is 9.59 Å². The molecule has 0 heterocycles. The maximum Gasteiger partial charge on any atom is 0.422 e. The third-order valence-electron chi connectivity index (χ3n) is 3.74. The molecule has 0 saturated carbocycles. The summed E-state index contributed by atoms with van der Waals surface area (Å²) in [5.41, 5.74) is 0.820. The zero-order chi connectivity index (χ0) is 21.4. The molecule has 0 radical (unpaired) electrons. The number of nitrogens with one attached hydrogen (secondary N) is 2. The molecule has 1 unspecified atom stereocenters. The van der Waals surface area contributed by atoms with Gasteiger partial charge in [0.25, 0.3) is 0 Å². The first kappa shape index (κ1) is 21.8. The summed E-state index contributed by atoms with van der Waals surface area (Å²) in [6.45, 7) is -0.185. The van der Waals surface area contributed by atoms with Crippen LogP contribution in [0.15, 0.2) is 48.5 Å². The zero-order valence-corrected chi connectivity index (χ0v) is 15.4. The van der Waals surface area contributed by atoms with Crippen molar-refractivity contribution in [3.63, 3.8) is 0 Å². The van der Waals surface area contributed by atoms with Crippen LogP contribution in [-0.2, 0) is 9.59 Å². The van der Waals surface area contributed by atoms with Crippen molar-refractivity contribution in [3.8, 4) is 11.8 Å². The Morgan fingerprint density at radius 3 is 2.45 bits per heavy atom. The summed E-state index contributed by atoms with van der Waals surface area (Å²) in [5.74, 6) is -0.978. The van der Waals surface area contributed by atoms with E-state index in [4.69, 9.17) is 5.26 Å². The lowest BCUT2D eigenvalue weighted by atomic mass is 10.0. The zero-order valence-electron chi connectivity index (χ0n) is 15.4. The fraction of sp³-hybridized carbons (Fsp3) is 0.250. The Balaban J connectivity index is 2.09. The van der Waals surface area contributed by atoms with Gasteiger partial charge in [0.1, 0.15) is 11.8 Å². The van der Waals surface area contributed by atoms with E-state index in [1.54, 1.807) is 36.4 Å². The van der Waals surface area contributed by atoms with Crippen LogP contribution < -0.4 is 15.4 Å². The first-order valence-electron chi connectivity index (χ1n) is 8.53. The molecule has 0 aromatic heterocycles. The number of ether oxygens (including phenoxy) is 1. The normalized spacial score (nSPS) is 11.8. The Morgan fingerprint density at radius 2 is 1.86 bits per heavy atom. The number of hydrogen-bond acceptors (Lipinski definition) is 4. The lowest BCUT2D eigenvalue weighted by Crippen LogP contribution is -2.29. The van der Waals surface area contributed by atoms with E-state index in [1.807, 2.05) is 0 Å². The van der Waals surface area contributed by atoms with Crippen molar-refractivity contribution in [2.24, 2.45) is 0 Å². The lowest BCUT2D eigenvalue weighted by molar-refractivity contribution is -0.153. The molecule has 2 rings (SSSR count). The average Bonchev–Trinajstić information content (AvgIpc) is 2.66. The van der Waals surface area contributed by atoms with Crippen LogP contribution in [0.25, 0.3) is 0 Å². The fourth-order valence-electron chi connectivity index (χ4n) is 2.56. The summed E-state index contributed by atoms with van der Waals surface area (Å²) in [4.78, 5) is 23.8. The molecule has 0 fully saturated rings. The van der Waals surface area contributed by atoms with E-state index < -0.39 is 24.7 Å². The second-order valence-electron chi connectivity index (χ2n) is 6.14. The van der Waals surface area contributed by atoms with Crippen molar-refractivity contribution >= 4 is 17.5 Å². The van der Waals surface area contributed by atoms with Crippen LogP contribution in [0.1, 0.15) is 30.5 Å². The molecular formula is C20H18F3N3O3. The fourth-order valence-corrected chi connectivity index (χ4v) is 2.56. The van der Waals surface area contributed by atoms with Crippen molar-refractivity contribution in [3.05, 3.63) is 59.7 Å². The molecule has 6 nitrogen and oxygen atoms in total. The molecule has 0 saturated heterocycles. The summed E-state index contributed by atoms with van der Waals surface area (Å²) in [6.07, 6.45) is -4.60. The second kappa shape index (κ2) is 9.59. The largest absolute Gasteiger partial charge is 0.483 e. The quantitative estimate of drug-likeness (QED) is 0.735. The molecule has 0 aliphatic heterocycles. The number of benzene rings is 2. The molecule has 0 bridgehead atoms. The highest BCUT2D eigenvalue weighted by atomic mass is 19.4. The maximum absolute atomic E-state index is 12.4. The minimum absolute atomic E-state index is 0.0716. The highest BCUT2D eigenvalue weighted by molar-refractivity contribution is 5.92. The Hall–Kier alpha value is -3.54. The van der Waals surface area contributed by atoms with Crippen LogP contribution in [0.5, 0.6) is 5.75 Å². The Morgan fingerprint density at radius 1 is 1.17 bits per heavy atom. The number of alkyl halides is 3. The number of carbonyl (C=O) groups is 2. The smallest absolute Gasteiger partial charge is 0.422 e. The Labute approximate surface area is 165 Å². The number of amides is 2. The molecule has 2 amide bonds. The second-order valence-corrected chi connectivity index (χ2v) is 6.14. The average molecular weight is 405 g/mol. The van der Waals surface area contributed by atoms with E-state index in [0.717, 1.165) is 5.56 Å². The van der Waals surface area contributed by atoms with E-state index >= 15 is 0 Å². The van der Waals surface area contributed by atoms with Crippen LogP contribution in [0.4, 0.5) is 18.9 Å². The van der Waals surface area contributed by atoms with E-state index in [2.05, 4.69) is 15.4 Å². The minimum Gasteiger partial charge on any atom is -0.483 e. The van der Waals surface area contributed by atoms with Crippen molar-refractivity contribution in [1.82, 2.24) is 5.32 Å². The highest BCUT2D eigenvalue weighted by Crippen LogP contribution is 2.25. The van der Waals surface area contributed by atoms with Gasteiger partial charge in [0.15, 0.2) is 6.61 Å². The molecule has 1 atom stereocenters. The number of nitrogens with zero attached hydrogens (tertiary/aromatic N) is 1. The molecule has 2 N–H and O–H groups in total. The van der Waals surface area contributed by atoms with E-state index in [0.29, 0.717) is 0 Å². The van der Waals surface area contributed by atoms with Gasteiger partial charge in [-0.1, -0.05) is 30.3 Å². The molecule has 0 aliphatic carbocycles. The number of carbonyl (C=O) groups excluding carboxylic acids is 2. The van der Waals surface area contributed by atoms with Crippen molar-refractivity contribution in [2.45, 2.75) is 25.6 Å². The topological polar surface area (TPSA) is 91.2 Å². The number of halogens is 3. The van der Waals surface area contributed by atoms with Crippen LogP contribution in [0.2, 0.25) is 0 Å². The predicted molar refractivity (Wildman–Crippen MR) is 99.0 cm³/mol. The Bertz CT molecular complexity index is 909. The number of anilines is 1. The van der Waals surface area contributed by atoms with Crippen molar-refractivity contribution in [1.29, 1.82) is 5.26 Å². The van der Waals surface area contributed by atoms with E-state index in [1.165, 1.54) is 25.1 Å². The molecule has 0 spiro atoms. The summed E-state index contributed by atoms with van der Waals surface area (Å²) >= 11 is 0. The first-order chi connectivity index (χ1) is 13.7. The van der Waals surface area contributed by atoms with E-state index in [-0.39, 0.29) is 29.3 Å². The molecule has 29 heavy (non-hydrogen) atoms. The summed E-state index contributed by atoms with van der Waals surface area (Å²) in [6, 6.07) is 13.8. The molecule has 0 aliphatic rings. The minimum atomic E-state index is -4.53. The SMILES string of the molecule is CC(=O)NC(CC(=O)Nc1ccc(OCC(F)(F)F)c(C#N)c1)c1ccccc1. The van der Waals surface area contributed by atoms with E-state index in [9.17, 15) is 22.8 Å². The summed E-state index contributed by atoms with van der Waals surface area (Å²) in [5, 5.41) is 14.4. The standard InChI is InChI=1S/C20H18F3N3O3/c1-13(27)25-17(14-5-3-2-4-6-14)10-19(28)26-16-7-8-18(15(9-16)11-24)29-12-20(21,22)23/h2-9,17H,10,12H2,1H3,(H,25,27)(H,26,28). The van der Waals surface area contributed by atoms with Crippen molar-refractivity contribution in [2.75, 3.05) is 11.9 Å². The third-order valence-corrected chi connectivity index (χ3v) is 3.74. The predicted octanol–water partition coefficient (Wildman–Crippen LogP) is 3.71. The Kier molecular flexibility index (Phi) is 7.20. The van der Waals surface area contributed by atoms with Crippen LogP contribution in [0.3, 0.4) is 0 Å². The number of nitriles is 1. The van der Waals surface area contributed by atoms with Gasteiger partial charge < -0.3 is 15.4 Å². The monoisotopic (exact) mass is 405 g/mol. The van der Waals surface area contributed by atoms with Gasteiger partial charge in [-0.15, -0.1) is 0 Å². The van der Waals surface area contributed by atoms with Gasteiger partial charge in [-0.05, 0) is 23.8 Å². The molecule has 2 aromatic rings. The molecule has 152 valence electrons. The number of hydrogen-bond donors (Lipinski definition) is 2. The van der Waals surface area contributed by atoms with Gasteiger partial charge in [0, 0.05) is 12.6 Å². The van der Waals surface area contributed by atoms with Gasteiger partial charge in [-0.2, -0.15) is 18.4 Å². The maximum atomic E-state index is 12.4. The van der Waals surface area contributed by atoms with Crippen LogP contribution in [0, 0.1) is 11.3 Å². The lowest BCUT2D eigenvalue weighted by Gasteiger charge is -2.18. The molecule has 9 heteroatoms. The number of rotatable bonds is 7. The first-order valence-corrected chi connectivity index (χ1v) is 8.53. The highest BCUT2D eigenvalue weighted by Gasteiger charge is 2.29. The van der Waals surface area contributed by atoms with Gasteiger partial charge in [0.2, 0.25) is 11.8 Å².